The summed E-state index contributed by atoms with van der Waals surface area (Å²) in [7, 11) is 0. The van der Waals surface area contributed by atoms with E-state index in [1.165, 1.54) is 36.4 Å². The van der Waals surface area contributed by atoms with Crippen molar-refractivity contribution in [2.75, 3.05) is 0 Å². The number of benzene rings is 2. The molecule has 0 aliphatic rings. The van der Waals surface area contributed by atoms with E-state index in [1.807, 2.05) is 6.92 Å². The molecule has 0 aromatic heterocycles. The Hall–Kier alpha value is -2.62. The van der Waals surface area contributed by atoms with Gasteiger partial charge < -0.3 is 0 Å². The van der Waals surface area contributed by atoms with Crippen molar-refractivity contribution in [2.24, 2.45) is 4.99 Å². The first-order valence-electron chi connectivity index (χ1n) is 6.75. The summed E-state index contributed by atoms with van der Waals surface area (Å²) in [5.74, 6) is -0.955. The van der Waals surface area contributed by atoms with Gasteiger partial charge in [0.2, 0.25) is 5.78 Å². The van der Waals surface area contributed by atoms with Crippen LogP contribution in [0.1, 0.15) is 29.8 Å². The molecule has 22 heavy (non-hydrogen) atoms. The first-order valence-corrected chi connectivity index (χ1v) is 6.75. The molecule has 2 aromatic rings. The van der Waals surface area contributed by atoms with Crippen molar-refractivity contribution in [3.05, 3.63) is 77.5 Å². The maximum absolute atomic E-state index is 12.9. The second kappa shape index (κ2) is 6.89. The first kappa shape index (κ1) is 15.8. The lowest BCUT2D eigenvalue weighted by molar-refractivity contribution is 0.106. The molecule has 0 heterocycles. The lowest BCUT2D eigenvalue weighted by atomic mass is 10.1. The molecule has 0 saturated carbocycles. The molecule has 0 fully saturated rings. The van der Waals surface area contributed by atoms with Gasteiger partial charge in [0.1, 0.15) is 11.6 Å². The Labute approximate surface area is 127 Å². The molecule has 0 unspecified atom stereocenters. The fourth-order valence-corrected chi connectivity index (χ4v) is 1.85. The highest BCUT2D eigenvalue weighted by molar-refractivity contribution is 6.45. The largest absolute Gasteiger partial charge is 0.287 e. The summed E-state index contributed by atoms with van der Waals surface area (Å²) < 4.78 is 25.7. The van der Waals surface area contributed by atoms with Crippen molar-refractivity contribution in [3.63, 3.8) is 0 Å². The molecule has 2 aromatic carbocycles. The Morgan fingerprint density at radius 1 is 0.864 bits per heavy atom. The average Bonchev–Trinajstić information content (AvgIpc) is 2.53. The summed E-state index contributed by atoms with van der Waals surface area (Å²) >= 11 is 0. The molecule has 4 heteroatoms. The van der Waals surface area contributed by atoms with Crippen LogP contribution in [-0.4, -0.2) is 11.5 Å². The van der Waals surface area contributed by atoms with Gasteiger partial charge >= 0.3 is 0 Å². The van der Waals surface area contributed by atoms with Crippen molar-refractivity contribution in [1.82, 2.24) is 0 Å². The summed E-state index contributed by atoms with van der Waals surface area (Å²) in [5, 5.41) is 0. The second-order valence-electron chi connectivity index (χ2n) is 4.87. The summed E-state index contributed by atoms with van der Waals surface area (Å²) in [6.07, 6.45) is 1.56. The predicted molar refractivity (Wildman–Crippen MR) is 83.9 cm³/mol. The molecule has 2 rings (SSSR count). The second-order valence-corrected chi connectivity index (χ2v) is 4.87. The first-order chi connectivity index (χ1) is 10.5. The number of ketones is 1. The van der Waals surface area contributed by atoms with Crippen LogP contribution in [0.15, 0.2) is 59.7 Å². The highest BCUT2D eigenvalue weighted by Crippen LogP contribution is 2.14. The van der Waals surface area contributed by atoms with Gasteiger partial charge in [0.25, 0.3) is 0 Å². The zero-order valence-electron chi connectivity index (χ0n) is 12.3. The third-order valence-electron chi connectivity index (χ3n) is 3.19. The molecule has 0 saturated heterocycles. The number of carbonyl (C=O) groups excluding carboxylic acids is 1. The maximum Gasteiger partial charge on any atom is 0.206 e. The van der Waals surface area contributed by atoms with E-state index in [2.05, 4.69) is 4.99 Å². The van der Waals surface area contributed by atoms with Crippen LogP contribution in [0.25, 0.3) is 5.57 Å². The summed E-state index contributed by atoms with van der Waals surface area (Å²) in [4.78, 5) is 16.3. The lowest BCUT2D eigenvalue weighted by Gasteiger charge is -2.01. The predicted octanol–water partition coefficient (Wildman–Crippen LogP) is 4.67. The number of hydrogen-bond acceptors (Lipinski definition) is 2. The molecule has 0 amide bonds. The molecule has 0 aliphatic heterocycles. The number of halogens is 2. The standard InChI is InChI=1S/C18H15F2NO/c1-12(14-3-7-16(19)8-4-14)11-21-13(2)18(22)15-5-9-17(20)10-6-15/h3-11H,1-2H3/b12-11+,21-13?. The zero-order valence-corrected chi connectivity index (χ0v) is 12.3. The minimum atomic E-state index is -0.391. The van der Waals surface area contributed by atoms with Gasteiger partial charge in [-0.25, -0.2) is 8.78 Å². The van der Waals surface area contributed by atoms with E-state index in [-0.39, 0.29) is 11.6 Å². The van der Waals surface area contributed by atoms with Crippen LogP contribution in [0.3, 0.4) is 0 Å². The van der Waals surface area contributed by atoms with E-state index in [1.54, 1.807) is 25.3 Å². The van der Waals surface area contributed by atoms with Gasteiger partial charge in [-0.3, -0.25) is 9.79 Å². The van der Waals surface area contributed by atoms with Gasteiger partial charge in [-0.05, 0) is 61.4 Å². The van der Waals surface area contributed by atoms with Crippen LogP contribution in [-0.2, 0) is 0 Å². The molecular formula is C18H15F2NO. The normalized spacial score (nSPS) is 12.4. The SMILES string of the molecule is CC(=N/C=C(\C)c1ccc(F)cc1)C(=O)c1ccc(F)cc1. The molecule has 0 radical (unpaired) electrons. The Bertz CT molecular complexity index is 729. The van der Waals surface area contributed by atoms with E-state index in [0.29, 0.717) is 11.3 Å². The van der Waals surface area contributed by atoms with Gasteiger partial charge in [-0.15, -0.1) is 0 Å². The Morgan fingerprint density at radius 2 is 1.32 bits per heavy atom. The maximum atomic E-state index is 12.9. The lowest BCUT2D eigenvalue weighted by Crippen LogP contribution is -2.10. The third-order valence-corrected chi connectivity index (χ3v) is 3.19. The van der Waals surface area contributed by atoms with E-state index in [9.17, 15) is 13.6 Å². The van der Waals surface area contributed by atoms with Crippen LogP contribution < -0.4 is 0 Å². The van der Waals surface area contributed by atoms with E-state index < -0.39 is 5.82 Å². The Kier molecular flexibility index (Phi) is 4.94. The molecule has 0 bridgehead atoms. The van der Waals surface area contributed by atoms with Gasteiger partial charge in [0.05, 0.1) is 5.71 Å². The van der Waals surface area contributed by atoms with Crippen LogP contribution >= 0.6 is 0 Å². The van der Waals surface area contributed by atoms with Crippen molar-refractivity contribution < 1.29 is 13.6 Å². The highest BCUT2D eigenvalue weighted by Gasteiger charge is 2.09. The third kappa shape index (κ3) is 3.95. The number of aliphatic imine (C=N–C) groups is 1. The molecule has 112 valence electrons. The van der Waals surface area contributed by atoms with Crippen LogP contribution in [0.5, 0.6) is 0 Å². The van der Waals surface area contributed by atoms with Crippen molar-refractivity contribution in [3.8, 4) is 0 Å². The quantitative estimate of drug-likeness (QED) is 0.596. The van der Waals surface area contributed by atoms with Gasteiger partial charge in [0.15, 0.2) is 0 Å². The molecule has 2 nitrogen and oxygen atoms in total. The van der Waals surface area contributed by atoms with E-state index in [0.717, 1.165) is 11.1 Å². The number of rotatable bonds is 4. The smallest absolute Gasteiger partial charge is 0.206 e. The minimum Gasteiger partial charge on any atom is -0.287 e. The molecule has 0 atom stereocenters. The molecule has 0 N–H and O–H groups in total. The Balaban J connectivity index is 2.17. The minimum absolute atomic E-state index is 0.261. The van der Waals surface area contributed by atoms with Crippen molar-refractivity contribution in [2.45, 2.75) is 13.8 Å². The summed E-state index contributed by atoms with van der Waals surface area (Å²) in [5.41, 5.74) is 2.32. The average molecular weight is 299 g/mol. The Morgan fingerprint density at radius 3 is 1.82 bits per heavy atom. The van der Waals surface area contributed by atoms with Gasteiger partial charge in [-0.1, -0.05) is 12.1 Å². The van der Waals surface area contributed by atoms with E-state index >= 15 is 0 Å². The molecule has 0 spiro atoms. The number of allylic oxidation sites excluding steroid dienone is 1. The molecule has 0 aliphatic carbocycles. The number of hydrogen-bond donors (Lipinski definition) is 0. The summed E-state index contributed by atoms with van der Waals surface area (Å²) in [6.45, 7) is 3.42. The van der Waals surface area contributed by atoms with Crippen molar-refractivity contribution in [1.29, 1.82) is 0 Å². The highest BCUT2D eigenvalue weighted by atomic mass is 19.1. The summed E-state index contributed by atoms with van der Waals surface area (Å²) in [6, 6.07) is 11.3. The van der Waals surface area contributed by atoms with Gasteiger partial charge in [-0.2, -0.15) is 0 Å². The topological polar surface area (TPSA) is 29.4 Å². The fraction of sp³-hybridized carbons (Fsp3) is 0.111. The van der Waals surface area contributed by atoms with E-state index in [4.69, 9.17) is 0 Å². The number of carbonyl (C=O) groups is 1. The zero-order chi connectivity index (χ0) is 16.1. The van der Waals surface area contributed by atoms with Crippen LogP contribution in [0, 0.1) is 11.6 Å². The van der Waals surface area contributed by atoms with Gasteiger partial charge in [0, 0.05) is 11.8 Å². The van der Waals surface area contributed by atoms with Crippen molar-refractivity contribution >= 4 is 17.1 Å². The van der Waals surface area contributed by atoms with Crippen LogP contribution in [0.4, 0.5) is 8.78 Å². The number of nitrogens with zero attached hydrogens (tertiary/aromatic N) is 1. The molecular weight excluding hydrogens is 284 g/mol. The fourth-order valence-electron chi connectivity index (χ4n) is 1.85. The monoisotopic (exact) mass is 299 g/mol. The van der Waals surface area contributed by atoms with Crippen LogP contribution in [0.2, 0.25) is 0 Å². The number of Topliss-reactive ketones (excluding diaryl/α,β-unsaturated/α-hetero) is 1.